The van der Waals surface area contributed by atoms with Gasteiger partial charge < -0.3 is 21.1 Å². The average molecular weight is 641 g/mol. The predicted octanol–water partition coefficient (Wildman–Crippen LogP) is 3.74. The van der Waals surface area contributed by atoms with Crippen molar-refractivity contribution in [1.82, 2.24) is 29.9 Å². The van der Waals surface area contributed by atoms with Crippen LogP contribution in [-0.4, -0.2) is 52.3 Å². The molecule has 0 radical (unpaired) electrons. The first-order valence-electron chi connectivity index (χ1n) is 14.0. The fourth-order valence-corrected chi connectivity index (χ4v) is 5.50. The van der Waals surface area contributed by atoms with E-state index in [0.29, 0.717) is 39.6 Å². The normalized spacial score (nSPS) is 11.9. The van der Waals surface area contributed by atoms with Gasteiger partial charge in [0, 0.05) is 29.9 Å². The molecule has 0 bridgehead atoms. The van der Waals surface area contributed by atoms with Gasteiger partial charge in [0.1, 0.15) is 35.3 Å². The highest BCUT2D eigenvalue weighted by Gasteiger charge is 2.20. The number of amides is 1. The van der Waals surface area contributed by atoms with Crippen LogP contribution >= 0.6 is 0 Å². The van der Waals surface area contributed by atoms with Crippen molar-refractivity contribution < 1.29 is 17.9 Å². The molecular formula is C31H32N10O4S. The van der Waals surface area contributed by atoms with E-state index in [1.54, 1.807) is 34.8 Å². The molecule has 236 valence electrons. The van der Waals surface area contributed by atoms with Crippen molar-refractivity contribution in [2.45, 2.75) is 33.4 Å². The number of nitrogens with one attached hydrogen (secondary N) is 3. The van der Waals surface area contributed by atoms with Crippen LogP contribution in [0.2, 0.25) is 0 Å². The minimum absolute atomic E-state index is 0.0632. The lowest BCUT2D eigenvalue weighted by Crippen LogP contribution is -2.23. The van der Waals surface area contributed by atoms with E-state index >= 15 is 0 Å². The van der Waals surface area contributed by atoms with Gasteiger partial charge in [-0.2, -0.15) is 10.4 Å². The molecule has 3 aromatic heterocycles. The van der Waals surface area contributed by atoms with Crippen molar-refractivity contribution in [3.8, 4) is 23.1 Å². The molecule has 5 aromatic rings. The maximum atomic E-state index is 13.4. The zero-order valence-corrected chi connectivity index (χ0v) is 26.6. The van der Waals surface area contributed by atoms with Gasteiger partial charge in [0.25, 0.3) is 5.91 Å². The van der Waals surface area contributed by atoms with Crippen molar-refractivity contribution in [1.29, 1.82) is 5.26 Å². The van der Waals surface area contributed by atoms with E-state index in [0.717, 1.165) is 22.9 Å². The minimum Gasteiger partial charge on any atom is -0.497 e. The third-order valence-corrected chi connectivity index (χ3v) is 7.64. The molecule has 2 aromatic carbocycles. The third kappa shape index (κ3) is 6.97. The highest BCUT2D eigenvalue weighted by molar-refractivity contribution is 7.92. The summed E-state index contributed by atoms with van der Waals surface area (Å²) >= 11 is 0. The van der Waals surface area contributed by atoms with Gasteiger partial charge in [0.15, 0.2) is 5.82 Å². The fourth-order valence-electron chi connectivity index (χ4n) is 4.96. The van der Waals surface area contributed by atoms with Gasteiger partial charge in [-0.25, -0.2) is 27.9 Å². The van der Waals surface area contributed by atoms with E-state index in [-0.39, 0.29) is 29.7 Å². The van der Waals surface area contributed by atoms with E-state index in [2.05, 4.69) is 25.3 Å². The smallest absolute Gasteiger partial charge is 0.251 e. The van der Waals surface area contributed by atoms with Crippen LogP contribution in [0, 0.1) is 25.2 Å². The number of ether oxygens (including phenoxy) is 1. The highest BCUT2D eigenvalue weighted by Crippen LogP contribution is 2.30. The zero-order valence-electron chi connectivity index (χ0n) is 25.8. The first-order chi connectivity index (χ1) is 21.8. The van der Waals surface area contributed by atoms with E-state index in [9.17, 15) is 18.5 Å². The Morgan fingerprint density at radius 3 is 2.65 bits per heavy atom. The molecule has 0 spiro atoms. The van der Waals surface area contributed by atoms with Crippen LogP contribution in [0.5, 0.6) is 5.75 Å². The second kappa shape index (κ2) is 12.7. The Hall–Kier alpha value is -5.75. The number of nitrogens with two attached hydrogens (primary N) is 1. The Morgan fingerprint density at radius 2 is 1.93 bits per heavy atom. The fraction of sp³-hybridized carbons (Fsp3) is 0.226. The summed E-state index contributed by atoms with van der Waals surface area (Å²) in [5.41, 5.74) is 11.3. The lowest BCUT2D eigenvalue weighted by molar-refractivity contribution is 0.0950. The van der Waals surface area contributed by atoms with Crippen LogP contribution in [0.4, 0.5) is 17.3 Å². The topological polar surface area (TPSA) is 202 Å². The molecule has 46 heavy (non-hydrogen) atoms. The van der Waals surface area contributed by atoms with Gasteiger partial charge in [0.2, 0.25) is 10.0 Å². The molecule has 1 atom stereocenters. The molecule has 0 aliphatic heterocycles. The molecule has 0 fully saturated rings. The van der Waals surface area contributed by atoms with Crippen LogP contribution in [-0.2, 0) is 16.6 Å². The highest BCUT2D eigenvalue weighted by atomic mass is 32.2. The first kappa shape index (κ1) is 31.7. The van der Waals surface area contributed by atoms with Crippen molar-refractivity contribution >= 4 is 38.8 Å². The molecule has 0 aliphatic carbocycles. The van der Waals surface area contributed by atoms with Crippen LogP contribution in [0.3, 0.4) is 0 Å². The molecule has 3 heterocycles. The lowest BCUT2D eigenvalue weighted by Gasteiger charge is -2.17. The summed E-state index contributed by atoms with van der Waals surface area (Å²) < 4.78 is 33.0. The maximum absolute atomic E-state index is 13.4. The molecule has 0 aliphatic rings. The summed E-state index contributed by atoms with van der Waals surface area (Å²) in [4.78, 5) is 26.4. The van der Waals surface area contributed by atoms with Gasteiger partial charge in [-0.1, -0.05) is 0 Å². The number of sulfonamides is 1. The molecule has 15 heteroatoms. The number of methoxy groups -OCH3 is 1. The standard InChI is InChI=1S/C31H32N10O4S/c1-17-8-21(12-22(9-17)31(42)34-15-20-10-23(40-46(5,43)44)13-24(11-20)45-4)26-27-18(2)6-7-41(27)39-29(38-26)19(3)37-30-25(14-32)28(33)35-16-36-30/h6-13,16,19,40H,15H2,1-5H3,(H,34,42)(H3,33,35,36,37)/t19-/m0/s1. The van der Waals surface area contributed by atoms with E-state index < -0.39 is 16.1 Å². The second-order valence-electron chi connectivity index (χ2n) is 10.8. The Balaban J connectivity index is 1.46. The Kier molecular flexibility index (Phi) is 8.74. The number of nitrogens with zero attached hydrogens (tertiary/aromatic N) is 6. The number of rotatable bonds is 10. The van der Waals surface area contributed by atoms with Crippen LogP contribution in [0.1, 0.15) is 51.4 Å². The van der Waals surface area contributed by atoms with Gasteiger partial charge in [0.05, 0.1) is 36.3 Å². The Bertz CT molecular complexity index is 2120. The van der Waals surface area contributed by atoms with Crippen LogP contribution in [0.15, 0.2) is 55.0 Å². The number of aryl methyl sites for hydroxylation is 2. The number of hydrogen-bond acceptors (Lipinski definition) is 11. The summed E-state index contributed by atoms with van der Waals surface area (Å²) in [5.74, 6) is 0.860. The van der Waals surface area contributed by atoms with Crippen LogP contribution in [0.25, 0.3) is 16.8 Å². The van der Waals surface area contributed by atoms with E-state index in [1.807, 2.05) is 45.2 Å². The first-order valence-corrected chi connectivity index (χ1v) is 15.9. The number of nitrogen functional groups attached to an aromatic ring is 1. The summed E-state index contributed by atoms with van der Waals surface area (Å²) in [6, 6.07) is 13.9. The summed E-state index contributed by atoms with van der Waals surface area (Å²) in [5, 5.41) is 20.3. The molecule has 0 saturated carbocycles. The monoisotopic (exact) mass is 640 g/mol. The number of carbonyl (C=O) groups excluding carboxylic acids is 1. The summed E-state index contributed by atoms with van der Waals surface area (Å²) in [6.45, 7) is 5.81. The maximum Gasteiger partial charge on any atom is 0.251 e. The quantitative estimate of drug-likeness (QED) is 0.173. The Labute approximate surface area is 265 Å². The van der Waals surface area contributed by atoms with Gasteiger partial charge in [-0.3, -0.25) is 9.52 Å². The van der Waals surface area contributed by atoms with Crippen molar-refractivity contribution in [2.75, 3.05) is 29.1 Å². The molecule has 14 nitrogen and oxygen atoms in total. The van der Waals surface area contributed by atoms with Gasteiger partial charge in [-0.05, 0) is 73.9 Å². The molecular weight excluding hydrogens is 608 g/mol. The Morgan fingerprint density at radius 1 is 1.15 bits per heavy atom. The number of anilines is 3. The molecule has 5 rings (SSSR count). The van der Waals surface area contributed by atoms with Gasteiger partial charge in [-0.15, -0.1) is 0 Å². The number of aromatic nitrogens is 5. The second-order valence-corrected chi connectivity index (χ2v) is 12.5. The van der Waals surface area contributed by atoms with Crippen molar-refractivity contribution in [2.24, 2.45) is 0 Å². The van der Waals surface area contributed by atoms with Crippen molar-refractivity contribution in [3.63, 3.8) is 0 Å². The largest absolute Gasteiger partial charge is 0.497 e. The summed E-state index contributed by atoms with van der Waals surface area (Å²) in [7, 11) is -2.03. The molecule has 0 unspecified atom stereocenters. The summed E-state index contributed by atoms with van der Waals surface area (Å²) in [6.07, 6.45) is 4.16. The SMILES string of the molecule is COc1cc(CNC(=O)c2cc(C)cc(-c3nc([C@H](C)Nc4ncnc(N)c4C#N)nn4ccc(C)c34)c2)cc(NS(C)(=O)=O)c1. The minimum atomic E-state index is -3.51. The number of benzene rings is 2. The average Bonchev–Trinajstić information content (AvgIpc) is 3.38. The molecule has 5 N–H and O–H groups in total. The van der Waals surface area contributed by atoms with Crippen molar-refractivity contribution in [3.05, 3.63) is 88.6 Å². The predicted molar refractivity (Wildman–Crippen MR) is 174 cm³/mol. The van der Waals surface area contributed by atoms with E-state index in [4.69, 9.17) is 20.6 Å². The van der Waals surface area contributed by atoms with Crippen LogP contribution < -0.4 is 25.8 Å². The number of fused-ring (bicyclic) bond motifs is 1. The lowest BCUT2D eigenvalue weighted by atomic mass is 10.0. The van der Waals surface area contributed by atoms with Gasteiger partial charge >= 0.3 is 0 Å². The van der Waals surface area contributed by atoms with E-state index in [1.165, 1.54) is 13.4 Å². The number of carbonyl (C=O) groups is 1. The number of hydrogen-bond donors (Lipinski definition) is 4. The third-order valence-electron chi connectivity index (χ3n) is 7.03. The molecule has 1 amide bonds. The zero-order chi connectivity index (χ0) is 33.2. The molecule has 0 saturated heterocycles. The number of nitriles is 1.